The molecule has 0 unspecified atom stereocenters. The molecule has 3 rings (SSSR count). The Balaban J connectivity index is 2.16. The van der Waals surface area contributed by atoms with E-state index in [1.165, 1.54) is 24.1 Å². The molecule has 0 saturated heterocycles. The van der Waals surface area contributed by atoms with Gasteiger partial charge in [0.15, 0.2) is 0 Å². The van der Waals surface area contributed by atoms with Gasteiger partial charge in [0.1, 0.15) is 18.3 Å². The van der Waals surface area contributed by atoms with Gasteiger partial charge in [0.25, 0.3) is 0 Å². The summed E-state index contributed by atoms with van der Waals surface area (Å²) >= 11 is 19.2. The Morgan fingerprint density at radius 3 is 2.12 bits per heavy atom. The maximum atomic E-state index is 14.3. The van der Waals surface area contributed by atoms with Crippen LogP contribution in [0.4, 0.5) is 5.69 Å². The quantitative estimate of drug-likeness (QED) is 0.275. The number of nitrogens with one attached hydrogen (secondary N) is 1. The number of amides is 2. The molecule has 1 atom stereocenters. The number of hydrogen-bond donors (Lipinski definition) is 1. The van der Waals surface area contributed by atoms with Gasteiger partial charge >= 0.3 is 0 Å². The molecular weight excluding hydrogens is 621 g/mol. The maximum absolute atomic E-state index is 14.3. The maximum Gasteiger partial charge on any atom is 0.244 e. The number of ether oxygens (including phenoxy) is 1. The second kappa shape index (κ2) is 14.0. The second-order valence-corrected chi connectivity index (χ2v) is 13.9. The summed E-state index contributed by atoms with van der Waals surface area (Å²) in [6.07, 6.45) is 1.12. The lowest BCUT2D eigenvalue weighted by Gasteiger charge is -2.35. The molecule has 0 aliphatic carbocycles. The van der Waals surface area contributed by atoms with Gasteiger partial charge in [-0.25, -0.2) is 8.42 Å². The van der Waals surface area contributed by atoms with Crippen LogP contribution in [-0.4, -0.2) is 56.6 Å². The smallest absolute Gasteiger partial charge is 0.244 e. The summed E-state index contributed by atoms with van der Waals surface area (Å²) < 4.78 is 32.4. The van der Waals surface area contributed by atoms with E-state index in [0.29, 0.717) is 15.6 Å². The van der Waals surface area contributed by atoms with Crippen LogP contribution in [0.5, 0.6) is 5.75 Å². The first-order valence-electron chi connectivity index (χ1n) is 13.0. The van der Waals surface area contributed by atoms with Crippen LogP contribution in [0, 0.1) is 0 Å². The Morgan fingerprint density at radius 2 is 1.57 bits per heavy atom. The molecule has 0 aromatic heterocycles. The Labute approximate surface area is 262 Å². The summed E-state index contributed by atoms with van der Waals surface area (Å²) in [7, 11) is -2.64. The van der Waals surface area contributed by atoms with Gasteiger partial charge in [-0.3, -0.25) is 13.9 Å². The normalized spacial score (nSPS) is 12.4. The van der Waals surface area contributed by atoms with Gasteiger partial charge < -0.3 is 15.0 Å². The molecule has 0 aliphatic heterocycles. The molecule has 0 heterocycles. The minimum Gasteiger partial charge on any atom is -0.495 e. The topological polar surface area (TPSA) is 96.0 Å². The summed E-state index contributed by atoms with van der Waals surface area (Å²) in [6, 6.07) is 17.6. The Bertz CT molecular complexity index is 1510. The first-order chi connectivity index (χ1) is 19.6. The zero-order valence-corrected chi connectivity index (χ0v) is 27.1. The molecule has 0 radical (unpaired) electrons. The van der Waals surface area contributed by atoms with Crippen molar-refractivity contribution in [2.45, 2.75) is 45.3 Å². The van der Waals surface area contributed by atoms with Gasteiger partial charge in [-0.1, -0.05) is 71.2 Å². The van der Waals surface area contributed by atoms with Crippen LogP contribution in [-0.2, 0) is 32.6 Å². The first-order valence-corrected chi connectivity index (χ1v) is 16.0. The largest absolute Gasteiger partial charge is 0.495 e. The van der Waals surface area contributed by atoms with E-state index in [4.69, 9.17) is 39.5 Å². The van der Waals surface area contributed by atoms with Crippen molar-refractivity contribution in [1.29, 1.82) is 0 Å². The van der Waals surface area contributed by atoms with E-state index >= 15 is 0 Å². The molecule has 226 valence electrons. The molecular formula is C30H34Cl3N3O5S. The number of rotatable bonds is 11. The molecule has 0 fully saturated rings. The van der Waals surface area contributed by atoms with Crippen molar-refractivity contribution in [3.63, 3.8) is 0 Å². The van der Waals surface area contributed by atoms with Crippen molar-refractivity contribution >= 4 is 62.3 Å². The van der Waals surface area contributed by atoms with Gasteiger partial charge in [0.05, 0.1) is 19.1 Å². The highest BCUT2D eigenvalue weighted by Gasteiger charge is 2.35. The van der Waals surface area contributed by atoms with Crippen molar-refractivity contribution in [1.82, 2.24) is 10.2 Å². The average Bonchev–Trinajstić information content (AvgIpc) is 2.89. The monoisotopic (exact) mass is 653 g/mol. The lowest BCUT2D eigenvalue weighted by molar-refractivity contribution is -0.140. The number of hydrogen-bond acceptors (Lipinski definition) is 5. The standard InChI is InChI=1S/C30H34Cl3N3O5S/c1-30(2,3)34-29(38)26(16-20-10-7-6-8-11-20)35(18-22-23(32)12-9-13-24(22)33)28(37)19-36(42(5,39)40)25-17-21(31)14-15-27(25)41-4/h6-15,17,26H,16,18-19H2,1-5H3,(H,34,38)/t26-/m0/s1. The summed E-state index contributed by atoms with van der Waals surface area (Å²) in [5, 5.41) is 3.81. The third kappa shape index (κ3) is 9.01. The molecule has 2 amide bonds. The highest BCUT2D eigenvalue weighted by molar-refractivity contribution is 7.92. The fourth-order valence-corrected chi connectivity index (χ4v) is 5.84. The molecule has 1 N–H and O–H groups in total. The number of carbonyl (C=O) groups excluding carboxylic acids is 2. The molecule has 42 heavy (non-hydrogen) atoms. The van der Waals surface area contributed by atoms with E-state index in [2.05, 4.69) is 5.32 Å². The molecule has 3 aromatic carbocycles. The van der Waals surface area contributed by atoms with Crippen molar-refractivity contribution < 1.29 is 22.7 Å². The van der Waals surface area contributed by atoms with E-state index in [0.717, 1.165) is 16.1 Å². The lowest BCUT2D eigenvalue weighted by atomic mass is 10.0. The van der Waals surface area contributed by atoms with Crippen molar-refractivity contribution in [3.8, 4) is 5.75 Å². The third-order valence-electron chi connectivity index (χ3n) is 6.25. The minimum absolute atomic E-state index is 0.0790. The van der Waals surface area contributed by atoms with Gasteiger partial charge in [-0.05, 0) is 56.7 Å². The minimum atomic E-state index is -4.02. The summed E-state index contributed by atoms with van der Waals surface area (Å²) in [4.78, 5) is 29.4. The van der Waals surface area contributed by atoms with E-state index < -0.39 is 40.0 Å². The molecule has 3 aromatic rings. The number of nitrogens with zero attached hydrogens (tertiary/aromatic N) is 2. The van der Waals surface area contributed by atoms with Gasteiger partial charge in [-0.15, -0.1) is 0 Å². The number of sulfonamides is 1. The zero-order valence-electron chi connectivity index (χ0n) is 24.0. The molecule has 8 nitrogen and oxygen atoms in total. The predicted octanol–water partition coefficient (Wildman–Crippen LogP) is 5.98. The molecule has 0 spiro atoms. The molecule has 0 aliphatic rings. The van der Waals surface area contributed by atoms with Crippen LogP contribution in [0.3, 0.4) is 0 Å². The SMILES string of the molecule is COc1ccc(Cl)cc1N(CC(=O)N(Cc1c(Cl)cccc1Cl)[C@@H](Cc1ccccc1)C(=O)NC(C)(C)C)S(C)(=O)=O. The van der Waals surface area contributed by atoms with Crippen molar-refractivity contribution in [2.75, 3.05) is 24.2 Å². The van der Waals surface area contributed by atoms with E-state index in [-0.39, 0.29) is 29.4 Å². The third-order valence-corrected chi connectivity index (χ3v) is 8.32. The van der Waals surface area contributed by atoms with Crippen molar-refractivity contribution in [2.24, 2.45) is 0 Å². The fourth-order valence-electron chi connectivity index (χ4n) is 4.31. The molecule has 0 bridgehead atoms. The Hall–Kier alpha value is -2.98. The molecule has 0 saturated carbocycles. The van der Waals surface area contributed by atoms with Crippen LogP contribution in [0.15, 0.2) is 66.7 Å². The summed E-state index contributed by atoms with van der Waals surface area (Å²) in [6.45, 7) is 4.69. The van der Waals surface area contributed by atoms with Gasteiger partial charge in [0, 0.05) is 39.1 Å². The Kier molecular flexibility index (Phi) is 11.2. The molecule has 12 heteroatoms. The van der Waals surface area contributed by atoms with E-state index in [1.807, 2.05) is 51.1 Å². The number of halogens is 3. The van der Waals surface area contributed by atoms with Crippen LogP contribution in [0.25, 0.3) is 0 Å². The zero-order chi connectivity index (χ0) is 31.2. The number of methoxy groups -OCH3 is 1. The van der Waals surface area contributed by atoms with Crippen LogP contribution in [0.2, 0.25) is 15.1 Å². The average molecular weight is 655 g/mol. The number of carbonyl (C=O) groups is 2. The van der Waals surface area contributed by atoms with Crippen molar-refractivity contribution in [3.05, 3.63) is 92.9 Å². The summed E-state index contributed by atoms with van der Waals surface area (Å²) in [5.41, 5.74) is 0.680. The number of benzene rings is 3. The van der Waals surface area contributed by atoms with E-state index in [1.54, 1.807) is 24.3 Å². The first kappa shape index (κ1) is 33.5. The highest BCUT2D eigenvalue weighted by Crippen LogP contribution is 2.33. The predicted molar refractivity (Wildman–Crippen MR) is 169 cm³/mol. The second-order valence-electron chi connectivity index (χ2n) is 10.8. The summed E-state index contributed by atoms with van der Waals surface area (Å²) in [5.74, 6) is -0.887. The number of anilines is 1. The lowest BCUT2D eigenvalue weighted by Crippen LogP contribution is -2.56. The van der Waals surface area contributed by atoms with Crippen LogP contribution in [0.1, 0.15) is 31.9 Å². The van der Waals surface area contributed by atoms with Crippen LogP contribution >= 0.6 is 34.8 Å². The fraction of sp³-hybridized carbons (Fsp3) is 0.333. The van der Waals surface area contributed by atoms with Gasteiger partial charge in [-0.2, -0.15) is 0 Å². The Morgan fingerprint density at radius 1 is 0.952 bits per heavy atom. The highest BCUT2D eigenvalue weighted by atomic mass is 35.5. The van der Waals surface area contributed by atoms with E-state index in [9.17, 15) is 18.0 Å². The van der Waals surface area contributed by atoms with Gasteiger partial charge in [0.2, 0.25) is 21.8 Å². The van der Waals surface area contributed by atoms with Crippen LogP contribution < -0.4 is 14.4 Å².